The lowest BCUT2D eigenvalue weighted by atomic mass is 10.2. The first-order valence-corrected chi connectivity index (χ1v) is 9.61. The van der Waals surface area contributed by atoms with Crippen LogP contribution in [0.2, 0.25) is 0 Å². The van der Waals surface area contributed by atoms with Gasteiger partial charge in [0, 0.05) is 20.4 Å². The molecular weight excluding hydrogens is 390 g/mol. The third-order valence-electron chi connectivity index (χ3n) is 4.84. The fourth-order valence-electron chi connectivity index (χ4n) is 3.44. The summed E-state index contributed by atoms with van der Waals surface area (Å²) in [5, 5.41) is 12.6. The monoisotopic (exact) mass is 413 g/mol. The van der Waals surface area contributed by atoms with Crippen LogP contribution < -0.4 is 10.1 Å². The summed E-state index contributed by atoms with van der Waals surface area (Å²) in [7, 11) is 1.74. The molecule has 10 heteroatoms. The topological polar surface area (TPSA) is 121 Å². The van der Waals surface area contributed by atoms with Gasteiger partial charge in [0.2, 0.25) is 0 Å². The summed E-state index contributed by atoms with van der Waals surface area (Å²) in [6.45, 7) is 1.39. The molecule has 10 nitrogen and oxygen atoms in total. The second-order valence-electron chi connectivity index (χ2n) is 6.90. The minimum atomic E-state index is -0.615. The average Bonchev–Trinajstić information content (AvgIpc) is 3.35. The molecule has 1 aliphatic rings. The van der Waals surface area contributed by atoms with Crippen molar-refractivity contribution in [1.29, 1.82) is 0 Å². The van der Waals surface area contributed by atoms with Crippen LogP contribution in [0, 0.1) is 0 Å². The highest BCUT2D eigenvalue weighted by atomic mass is 16.6. The van der Waals surface area contributed by atoms with Crippen molar-refractivity contribution in [2.75, 3.05) is 19.0 Å². The molecule has 3 atom stereocenters. The Kier molecular flexibility index (Phi) is 5.77. The number of carbonyl (C=O) groups is 1. The molecule has 1 unspecified atom stereocenters. The van der Waals surface area contributed by atoms with Gasteiger partial charge in [0.1, 0.15) is 25.0 Å². The fraction of sp³-hybridized carbons (Fsp3) is 0.400. The number of imidazole rings is 1. The maximum atomic E-state index is 11.4. The zero-order valence-electron chi connectivity index (χ0n) is 16.7. The largest absolute Gasteiger partial charge is 0.460 e. The Hall–Kier alpha value is -3.24. The van der Waals surface area contributed by atoms with Gasteiger partial charge < -0.3 is 24.6 Å². The molecule has 4 rings (SSSR count). The molecule has 0 bridgehead atoms. The molecule has 0 amide bonds. The number of esters is 1. The van der Waals surface area contributed by atoms with Crippen molar-refractivity contribution in [2.24, 2.45) is 0 Å². The number of aromatic nitrogens is 4. The summed E-state index contributed by atoms with van der Waals surface area (Å²) in [5.74, 6) is 0.102. The molecule has 2 aromatic heterocycles. The van der Waals surface area contributed by atoms with E-state index in [1.54, 1.807) is 17.9 Å². The number of aliphatic hydroxyl groups is 1. The average molecular weight is 413 g/mol. The molecule has 0 aliphatic carbocycles. The number of ether oxygens (including phenoxy) is 3. The summed E-state index contributed by atoms with van der Waals surface area (Å²) in [5.41, 5.74) is 2.07. The Morgan fingerprint density at radius 1 is 1.33 bits per heavy atom. The number of hydrogen-bond acceptors (Lipinski definition) is 9. The maximum Gasteiger partial charge on any atom is 0.320 e. The van der Waals surface area contributed by atoms with E-state index >= 15 is 0 Å². The number of nitrogens with zero attached hydrogens (tertiary/aromatic N) is 4. The number of fused-ring (bicyclic) bond motifs is 1. The Labute approximate surface area is 172 Å². The Bertz CT molecular complexity index is 1030. The van der Waals surface area contributed by atoms with Gasteiger partial charge in [-0.25, -0.2) is 4.98 Å². The molecule has 3 heterocycles. The predicted octanol–water partition coefficient (Wildman–Crippen LogP) is 1.66. The molecule has 1 fully saturated rings. The number of aliphatic hydroxyl groups excluding tert-OH is 1. The molecule has 0 spiro atoms. The van der Waals surface area contributed by atoms with Crippen molar-refractivity contribution in [3.05, 3.63) is 42.2 Å². The van der Waals surface area contributed by atoms with Gasteiger partial charge in [-0.1, -0.05) is 30.3 Å². The van der Waals surface area contributed by atoms with Gasteiger partial charge >= 0.3 is 12.0 Å². The SMILES string of the molecule is CNc1nc(OCc2ccccc2)nc2c1ncn2[C@H]1CC(OC(C)=O)[C@@H](CO)O1. The highest BCUT2D eigenvalue weighted by molar-refractivity contribution is 5.83. The van der Waals surface area contributed by atoms with E-state index < -0.39 is 24.4 Å². The Balaban J connectivity index is 1.62. The molecule has 158 valence electrons. The normalized spacial score (nSPS) is 21.0. The smallest absolute Gasteiger partial charge is 0.320 e. The van der Waals surface area contributed by atoms with Crippen LogP contribution in [0.4, 0.5) is 5.82 Å². The van der Waals surface area contributed by atoms with E-state index in [0.29, 0.717) is 30.0 Å². The number of nitrogens with one attached hydrogen (secondary N) is 1. The molecular formula is C20H23N5O5. The predicted molar refractivity (Wildman–Crippen MR) is 107 cm³/mol. The van der Waals surface area contributed by atoms with Crippen molar-refractivity contribution >= 4 is 23.0 Å². The first-order chi connectivity index (χ1) is 14.6. The number of benzene rings is 1. The van der Waals surface area contributed by atoms with E-state index in [0.717, 1.165) is 5.56 Å². The van der Waals surface area contributed by atoms with E-state index in [1.165, 1.54) is 6.92 Å². The lowest BCUT2D eigenvalue weighted by molar-refractivity contribution is -0.150. The quantitative estimate of drug-likeness (QED) is 0.557. The van der Waals surface area contributed by atoms with Crippen molar-refractivity contribution < 1.29 is 24.1 Å². The Morgan fingerprint density at radius 3 is 2.83 bits per heavy atom. The highest BCUT2D eigenvalue weighted by Gasteiger charge is 2.39. The second kappa shape index (κ2) is 8.64. The summed E-state index contributed by atoms with van der Waals surface area (Å²) in [4.78, 5) is 24.7. The van der Waals surface area contributed by atoms with Gasteiger partial charge in [-0.2, -0.15) is 9.97 Å². The molecule has 1 aromatic carbocycles. The highest BCUT2D eigenvalue weighted by Crippen LogP contribution is 2.34. The van der Waals surface area contributed by atoms with Crippen LogP contribution in [-0.4, -0.2) is 56.5 Å². The van der Waals surface area contributed by atoms with E-state index in [-0.39, 0.29) is 12.6 Å². The van der Waals surface area contributed by atoms with Crippen LogP contribution in [0.1, 0.15) is 25.1 Å². The van der Waals surface area contributed by atoms with E-state index in [9.17, 15) is 9.90 Å². The van der Waals surface area contributed by atoms with Crippen LogP contribution in [0.15, 0.2) is 36.7 Å². The summed E-state index contributed by atoms with van der Waals surface area (Å²) < 4.78 is 18.7. The summed E-state index contributed by atoms with van der Waals surface area (Å²) in [6.07, 6.45) is 0.300. The van der Waals surface area contributed by atoms with E-state index in [1.807, 2.05) is 30.3 Å². The number of hydrogen-bond donors (Lipinski definition) is 2. The molecule has 3 aromatic rings. The van der Waals surface area contributed by atoms with Gasteiger partial charge in [-0.15, -0.1) is 0 Å². The van der Waals surface area contributed by atoms with Gasteiger partial charge in [-0.05, 0) is 5.56 Å². The number of anilines is 1. The maximum absolute atomic E-state index is 11.4. The van der Waals surface area contributed by atoms with Crippen LogP contribution >= 0.6 is 0 Å². The standard InChI is InChI=1S/C20H23N5O5/c1-12(27)29-14-8-16(30-15(14)9-26)25-11-22-17-18(21-2)23-20(24-19(17)25)28-10-13-6-4-3-5-7-13/h3-7,11,14-16,26H,8-10H2,1-2H3,(H,21,23,24)/t14?,15-,16-/m1/s1. The molecule has 0 saturated carbocycles. The third kappa shape index (κ3) is 4.05. The molecule has 1 aliphatic heterocycles. The van der Waals surface area contributed by atoms with Crippen molar-refractivity contribution in [1.82, 2.24) is 19.5 Å². The third-order valence-corrected chi connectivity index (χ3v) is 4.84. The Morgan fingerprint density at radius 2 is 2.13 bits per heavy atom. The fourth-order valence-corrected chi connectivity index (χ4v) is 3.44. The minimum absolute atomic E-state index is 0.200. The molecule has 2 N–H and O–H groups in total. The zero-order valence-corrected chi connectivity index (χ0v) is 16.7. The first kappa shape index (κ1) is 20.0. The van der Waals surface area contributed by atoms with Crippen LogP contribution in [0.5, 0.6) is 6.01 Å². The van der Waals surface area contributed by atoms with Gasteiger partial charge in [0.25, 0.3) is 0 Å². The zero-order chi connectivity index (χ0) is 21.1. The second-order valence-corrected chi connectivity index (χ2v) is 6.90. The van der Waals surface area contributed by atoms with Crippen LogP contribution in [0.3, 0.4) is 0 Å². The van der Waals surface area contributed by atoms with E-state index in [4.69, 9.17) is 14.2 Å². The van der Waals surface area contributed by atoms with Crippen LogP contribution in [-0.2, 0) is 20.9 Å². The van der Waals surface area contributed by atoms with Gasteiger partial charge in [-0.3, -0.25) is 9.36 Å². The van der Waals surface area contributed by atoms with Crippen molar-refractivity contribution in [3.63, 3.8) is 0 Å². The minimum Gasteiger partial charge on any atom is -0.460 e. The van der Waals surface area contributed by atoms with Gasteiger partial charge in [0.15, 0.2) is 17.0 Å². The lowest BCUT2D eigenvalue weighted by Crippen LogP contribution is -2.29. The summed E-state index contributed by atoms with van der Waals surface area (Å²) >= 11 is 0. The van der Waals surface area contributed by atoms with Crippen molar-refractivity contribution in [3.8, 4) is 6.01 Å². The van der Waals surface area contributed by atoms with E-state index in [2.05, 4.69) is 20.3 Å². The number of rotatable bonds is 7. The molecule has 1 saturated heterocycles. The van der Waals surface area contributed by atoms with Crippen LogP contribution in [0.25, 0.3) is 11.2 Å². The van der Waals surface area contributed by atoms with Crippen molar-refractivity contribution in [2.45, 2.75) is 38.4 Å². The molecule has 30 heavy (non-hydrogen) atoms. The lowest BCUT2D eigenvalue weighted by Gasteiger charge is -2.15. The first-order valence-electron chi connectivity index (χ1n) is 9.61. The summed E-state index contributed by atoms with van der Waals surface area (Å²) in [6, 6.07) is 9.92. The number of carbonyl (C=O) groups excluding carboxylic acids is 1. The molecule has 0 radical (unpaired) electrons. The van der Waals surface area contributed by atoms with Gasteiger partial charge in [0.05, 0.1) is 12.9 Å².